The maximum atomic E-state index is 14.1. The van der Waals surface area contributed by atoms with Crippen molar-refractivity contribution < 1.29 is 74.1 Å². The highest BCUT2D eigenvalue weighted by atomic mass is 16.4. The molecule has 4 aliphatic carbocycles. The number of nitrogens with zero attached hydrogens (tertiary/aromatic N) is 4. The molecule has 0 aromatic rings. The van der Waals surface area contributed by atoms with Gasteiger partial charge in [0.05, 0.1) is 26.2 Å². The Balaban J connectivity index is 1.48. The van der Waals surface area contributed by atoms with Gasteiger partial charge in [-0.1, -0.05) is 20.8 Å². The van der Waals surface area contributed by atoms with Crippen LogP contribution in [-0.4, -0.2) is 174 Å². The molecule has 4 fully saturated rings. The fourth-order valence-corrected chi connectivity index (χ4v) is 12.6. The van der Waals surface area contributed by atoms with Crippen LogP contribution in [0, 0.1) is 46.3 Å². The zero-order valence-electron chi connectivity index (χ0n) is 36.4. The number of carbonyl (C=O) groups is 8. The minimum Gasteiger partial charge on any atom is -0.481 e. The smallest absolute Gasteiger partial charge is 0.323 e. The van der Waals surface area contributed by atoms with Crippen LogP contribution < -0.4 is 0 Å². The van der Waals surface area contributed by atoms with Gasteiger partial charge in [0.15, 0.2) is 0 Å². The molecule has 4 saturated carbocycles. The molecule has 0 spiro atoms. The maximum Gasteiger partial charge on any atom is 0.323 e. The Morgan fingerprint density at radius 3 is 1.58 bits per heavy atom. The van der Waals surface area contributed by atoms with E-state index in [9.17, 15) is 74.1 Å². The lowest BCUT2D eigenvalue weighted by atomic mass is 9.44. The highest BCUT2D eigenvalue weighted by Gasteiger charge is 2.61. The summed E-state index contributed by atoms with van der Waals surface area (Å²) in [4.78, 5) is 101. The number of carbonyl (C=O) groups excluding carboxylic acids is 1. The standard InChI is InChI=1S/C43H68N4O15/c1-26(4-11-35(49)50)30-7-8-31-29-6-5-27-20-28(12-14-42(27,2)32(29)13-15-43(30,31)3)47(25-40(59)60)34(48)10-9-33(41(61)62)46(18-16-44(21-36(51)52)22-37(53)54)19-17-45(23-38(55)56)24-39(57)58/h26-33H,4-25H2,1-3H3,(H,49,50)(H,51,52)(H,53,54)(H,55,56)(H,57,58)(H,59,60)(H,61,62)/t26?,27?,28-,29?,30+,31?,32?,33-,42-,43+/m0/s1. The van der Waals surface area contributed by atoms with Gasteiger partial charge in [-0.3, -0.25) is 53.1 Å². The van der Waals surface area contributed by atoms with E-state index in [0.717, 1.165) is 54.7 Å². The van der Waals surface area contributed by atoms with E-state index in [1.165, 1.54) is 9.80 Å². The number of hydrogen-bond acceptors (Lipinski definition) is 11. The molecule has 0 radical (unpaired) electrons. The van der Waals surface area contributed by atoms with E-state index in [-0.39, 0.29) is 68.2 Å². The Kier molecular flexibility index (Phi) is 17.7. The Bertz CT molecular complexity index is 1590. The number of carboxylic acid groups (broad SMARTS) is 7. The molecular formula is C43H68N4O15. The van der Waals surface area contributed by atoms with Crippen molar-refractivity contribution >= 4 is 47.7 Å². The molecule has 19 heteroatoms. The lowest BCUT2D eigenvalue weighted by Gasteiger charge is -2.62. The number of rotatable bonds is 26. The van der Waals surface area contributed by atoms with Crippen LogP contribution in [0.15, 0.2) is 0 Å². The van der Waals surface area contributed by atoms with Gasteiger partial charge in [-0.2, -0.15) is 0 Å². The monoisotopic (exact) mass is 880 g/mol. The second kappa shape index (κ2) is 21.8. The van der Waals surface area contributed by atoms with Crippen LogP contribution in [0.25, 0.3) is 0 Å². The fourth-order valence-electron chi connectivity index (χ4n) is 12.6. The Labute approximate surface area is 362 Å². The van der Waals surface area contributed by atoms with Gasteiger partial charge in [-0.15, -0.1) is 0 Å². The molecule has 0 aromatic heterocycles. The molecule has 0 bridgehead atoms. The van der Waals surface area contributed by atoms with E-state index in [2.05, 4.69) is 20.8 Å². The van der Waals surface area contributed by atoms with Gasteiger partial charge in [0.25, 0.3) is 0 Å². The lowest BCUT2D eigenvalue weighted by molar-refractivity contribution is -0.153. The van der Waals surface area contributed by atoms with E-state index in [4.69, 9.17) is 0 Å². The molecule has 0 saturated heterocycles. The van der Waals surface area contributed by atoms with E-state index >= 15 is 0 Å². The molecule has 62 heavy (non-hydrogen) atoms. The van der Waals surface area contributed by atoms with Crippen LogP contribution in [0.5, 0.6) is 0 Å². The van der Waals surface area contributed by atoms with Crippen molar-refractivity contribution in [2.45, 2.75) is 116 Å². The second-order valence-electron chi connectivity index (χ2n) is 19.1. The van der Waals surface area contributed by atoms with Crippen LogP contribution >= 0.6 is 0 Å². The van der Waals surface area contributed by atoms with Crippen molar-refractivity contribution in [1.82, 2.24) is 19.6 Å². The van der Waals surface area contributed by atoms with Crippen LogP contribution in [0.4, 0.5) is 0 Å². The molecule has 4 aliphatic rings. The van der Waals surface area contributed by atoms with Gasteiger partial charge in [0, 0.05) is 45.1 Å². The van der Waals surface area contributed by atoms with Crippen LogP contribution in [0.1, 0.15) is 104 Å². The number of fused-ring (bicyclic) bond motifs is 5. The summed E-state index contributed by atoms with van der Waals surface area (Å²) < 4.78 is 0. The molecule has 350 valence electrons. The van der Waals surface area contributed by atoms with Gasteiger partial charge in [-0.05, 0) is 117 Å². The molecule has 0 heterocycles. The maximum absolute atomic E-state index is 14.1. The molecule has 1 amide bonds. The summed E-state index contributed by atoms with van der Waals surface area (Å²) in [6, 6.07) is -1.82. The summed E-state index contributed by atoms with van der Waals surface area (Å²) in [6.45, 7) is 2.79. The summed E-state index contributed by atoms with van der Waals surface area (Å²) in [6.07, 6.45) is 8.64. The molecule has 4 rings (SSSR count). The highest BCUT2D eigenvalue weighted by molar-refractivity contribution is 5.82. The molecular weight excluding hydrogens is 812 g/mol. The molecule has 10 atom stereocenters. The first-order valence-corrected chi connectivity index (χ1v) is 22.1. The quantitative estimate of drug-likeness (QED) is 0.0657. The van der Waals surface area contributed by atoms with Crippen LogP contribution in [-0.2, 0) is 38.4 Å². The topological polar surface area (TPSA) is 291 Å². The van der Waals surface area contributed by atoms with Crippen LogP contribution in [0.2, 0.25) is 0 Å². The van der Waals surface area contributed by atoms with Crippen molar-refractivity contribution in [1.29, 1.82) is 0 Å². The SMILES string of the molecule is CC(CCC(=O)O)[C@H]1CCC2C3CCC4C[C@@H](N(CC(=O)O)C(=O)CC[C@@H](C(=O)O)N(CCN(CC(=O)O)CC(=O)O)CCN(CC(=O)O)CC(=O)O)CC[C@]4(C)C3CC[C@@]21C. The summed E-state index contributed by atoms with van der Waals surface area (Å²) >= 11 is 0. The summed E-state index contributed by atoms with van der Waals surface area (Å²) in [5.74, 6) is -6.51. The normalized spacial score (nSPS) is 28.9. The van der Waals surface area contributed by atoms with Crippen molar-refractivity contribution in [3.63, 3.8) is 0 Å². The van der Waals surface area contributed by atoms with Crippen molar-refractivity contribution in [2.24, 2.45) is 46.3 Å². The molecule has 19 nitrogen and oxygen atoms in total. The van der Waals surface area contributed by atoms with E-state index in [1.54, 1.807) is 0 Å². The second-order valence-corrected chi connectivity index (χ2v) is 19.1. The van der Waals surface area contributed by atoms with E-state index in [0.29, 0.717) is 48.9 Å². The number of carboxylic acids is 7. The third-order valence-electron chi connectivity index (χ3n) is 15.5. The van der Waals surface area contributed by atoms with Gasteiger partial charge in [0.1, 0.15) is 12.6 Å². The van der Waals surface area contributed by atoms with E-state index < -0.39 is 86.5 Å². The molecule has 5 unspecified atom stereocenters. The summed E-state index contributed by atoms with van der Waals surface area (Å²) in [5, 5.41) is 67.1. The van der Waals surface area contributed by atoms with E-state index in [1.807, 2.05) is 0 Å². The first-order chi connectivity index (χ1) is 29.0. The van der Waals surface area contributed by atoms with Crippen LogP contribution in [0.3, 0.4) is 0 Å². The third-order valence-corrected chi connectivity index (χ3v) is 15.5. The fraction of sp³-hybridized carbons (Fsp3) is 0.814. The largest absolute Gasteiger partial charge is 0.481 e. The number of hydrogen-bond donors (Lipinski definition) is 7. The molecule has 0 aromatic carbocycles. The third kappa shape index (κ3) is 12.9. The molecule has 0 aliphatic heterocycles. The minimum atomic E-state index is -1.43. The number of aliphatic carboxylic acids is 7. The predicted molar refractivity (Wildman–Crippen MR) is 220 cm³/mol. The molecule has 7 N–H and O–H groups in total. The van der Waals surface area contributed by atoms with Crippen molar-refractivity contribution in [3.8, 4) is 0 Å². The first-order valence-electron chi connectivity index (χ1n) is 22.1. The van der Waals surface area contributed by atoms with Crippen molar-refractivity contribution in [3.05, 3.63) is 0 Å². The van der Waals surface area contributed by atoms with Gasteiger partial charge < -0.3 is 40.6 Å². The zero-order chi connectivity index (χ0) is 46.1. The Morgan fingerprint density at radius 2 is 1.08 bits per heavy atom. The average Bonchev–Trinajstić information content (AvgIpc) is 3.52. The highest BCUT2D eigenvalue weighted by Crippen LogP contribution is 2.68. The minimum absolute atomic E-state index is 0.00488. The summed E-state index contributed by atoms with van der Waals surface area (Å²) in [7, 11) is 0. The first kappa shape index (κ1) is 50.3. The Hall–Kier alpha value is -4.36. The zero-order valence-corrected chi connectivity index (χ0v) is 36.4. The Morgan fingerprint density at radius 1 is 0.565 bits per heavy atom. The lowest BCUT2D eigenvalue weighted by Crippen LogP contribution is -2.56. The average molecular weight is 881 g/mol. The van der Waals surface area contributed by atoms with Crippen molar-refractivity contribution in [2.75, 3.05) is 58.9 Å². The number of amides is 1. The summed E-state index contributed by atoms with van der Waals surface area (Å²) in [5.41, 5.74) is 0.172. The van der Waals surface area contributed by atoms with Gasteiger partial charge in [0.2, 0.25) is 5.91 Å². The van der Waals surface area contributed by atoms with Gasteiger partial charge >= 0.3 is 41.8 Å². The van der Waals surface area contributed by atoms with Gasteiger partial charge in [-0.25, -0.2) is 0 Å². The predicted octanol–water partition coefficient (Wildman–Crippen LogP) is 2.91.